The number of primary amides is 1. The zero-order valence-corrected chi connectivity index (χ0v) is 7.86. The minimum atomic E-state index is -0.825. The summed E-state index contributed by atoms with van der Waals surface area (Å²) in [5.41, 5.74) is 17.8. The average Bonchev–Trinajstić information content (AvgIpc) is 2.01. The Labute approximate surface area is 81.8 Å². The van der Waals surface area contributed by atoms with Crippen molar-refractivity contribution in [3.05, 3.63) is 23.8 Å². The summed E-state index contributed by atoms with van der Waals surface area (Å²) in [6.07, 6.45) is -1.29. The molecule has 1 amide bonds. The van der Waals surface area contributed by atoms with Gasteiger partial charge in [-0.1, -0.05) is 6.07 Å². The van der Waals surface area contributed by atoms with Crippen molar-refractivity contribution in [3.8, 4) is 0 Å². The molecule has 0 fully saturated rings. The fraction of sp³-hybridized carbons (Fsp3) is 0.222. The molecule has 5 nitrogen and oxygen atoms in total. The summed E-state index contributed by atoms with van der Waals surface area (Å²) in [6, 6.07) is 5.00. The number of hydrogen-bond donors (Lipinski definition) is 3. The first-order chi connectivity index (χ1) is 6.50. The number of amides is 1. The summed E-state index contributed by atoms with van der Waals surface area (Å²) in [4.78, 5) is 10.5. The number of carbonyl (C=O) groups excluding carboxylic acids is 1. The van der Waals surface area contributed by atoms with Crippen LogP contribution in [0.2, 0.25) is 0 Å². The number of nitrogens with two attached hydrogens (primary N) is 3. The summed E-state index contributed by atoms with van der Waals surface area (Å²) < 4.78 is 4.77. The van der Waals surface area contributed by atoms with E-state index in [1.807, 2.05) is 0 Å². The van der Waals surface area contributed by atoms with Crippen LogP contribution in [0.4, 0.5) is 16.2 Å². The van der Waals surface area contributed by atoms with E-state index in [0.29, 0.717) is 16.9 Å². The van der Waals surface area contributed by atoms with E-state index in [2.05, 4.69) is 0 Å². The summed E-state index contributed by atoms with van der Waals surface area (Å²) in [6.45, 7) is 1.69. The second-order valence-electron chi connectivity index (χ2n) is 2.97. The van der Waals surface area contributed by atoms with E-state index in [1.54, 1.807) is 25.1 Å². The van der Waals surface area contributed by atoms with E-state index in [-0.39, 0.29) is 0 Å². The third-order valence-electron chi connectivity index (χ3n) is 1.84. The molecule has 1 aromatic carbocycles. The van der Waals surface area contributed by atoms with Gasteiger partial charge in [-0.3, -0.25) is 0 Å². The smallest absolute Gasteiger partial charge is 0.405 e. The van der Waals surface area contributed by atoms with Gasteiger partial charge in [0.1, 0.15) is 6.10 Å². The lowest BCUT2D eigenvalue weighted by molar-refractivity contribution is 0.117. The van der Waals surface area contributed by atoms with Crippen molar-refractivity contribution < 1.29 is 9.53 Å². The Balaban J connectivity index is 2.90. The monoisotopic (exact) mass is 195 g/mol. The van der Waals surface area contributed by atoms with Gasteiger partial charge >= 0.3 is 6.09 Å². The van der Waals surface area contributed by atoms with Crippen LogP contribution >= 0.6 is 0 Å². The lowest BCUT2D eigenvalue weighted by atomic mass is 10.1. The molecule has 0 spiro atoms. The molecule has 1 atom stereocenters. The average molecular weight is 195 g/mol. The van der Waals surface area contributed by atoms with Crippen LogP contribution < -0.4 is 17.2 Å². The first-order valence-electron chi connectivity index (χ1n) is 4.11. The molecule has 0 radical (unpaired) electrons. The molecule has 6 N–H and O–H groups in total. The molecular weight excluding hydrogens is 182 g/mol. The molecule has 0 heterocycles. The van der Waals surface area contributed by atoms with Crippen LogP contribution in [0.1, 0.15) is 18.6 Å². The molecule has 5 heteroatoms. The number of hydrogen-bond acceptors (Lipinski definition) is 4. The Morgan fingerprint density at radius 2 is 2.07 bits per heavy atom. The Kier molecular flexibility index (Phi) is 2.81. The molecule has 1 aromatic rings. The van der Waals surface area contributed by atoms with Gasteiger partial charge in [-0.15, -0.1) is 0 Å². The summed E-state index contributed by atoms with van der Waals surface area (Å²) in [7, 11) is 0. The van der Waals surface area contributed by atoms with Gasteiger partial charge in [0.15, 0.2) is 0 Å². The van der Waals surface area contributed by atoms with Gasteiger partial charge in [0.2, 0.25) is 0 Å². The van der Waals surface area contributed by atoms with Gasteiger partial charge in [0.05, 0.1) is 0 Å². The number of nitrogen functional groups attached to an aromatic ring is 2. The standard InChI is InChI=1S/C9H13N3O2/c1-5(14-9(12)13)7-3-2-6(10)4-8(7)11/h2-5H,10-11H2,1H3,(H2,12,13). The molecule has 76 valence electrons. The van der Waals surface area contributed by atoms with Gasteiger partial charge in [0, 0.05) is 16.9 Å². The largest absolute Gasteiger partial charge is 0.442 e. The van der Waals surface area contributed by atoms with Gasteiger partial charge in [0.25, 0.3) is 0 Å². The number of rotatable bonds is 2. The van der Waals surface area contributed by atoms with Crippen LogP contribution in [0.3, 0.4) is 0 Å². The van der Waals surface area contributed by atoms with Crippen molar-refractivity contribution in [3.63, 3.8) is 0 Å². The van der Waals surface area contributed by atoms with Crippen molar-refractivity contribution in [2.75, 3.05) is 11.5 Å². The van der Waals surface area contributed by atoms with Crippen LogP contribution in [0, 0.1) is 0 Å². The van der Waals surface area contributed by atoms with Gasteiger partial charge in [-0.05, 0) is 19.1 Å². The normalized spacial score (nSPS) is 12.1. The molecule has 0 aromatic heterocycles. The Hall–Kier alpha value is -1.91. The maximum absolute atomic E-state index is 10.5. The van der Waals surface area contributed by atoms with E-state index in [4.69, 9.17) is 21.9 Å². The number of carbonyl (C=O) groups is 1. The highest BCUT2D eigenvalue weighted by Gasteiger charge is 2.11. The highest BCUT2D eigenvalue weighted by atomic mass is 16.6. The van der Waals surface area contributed by atoms with Crippen LogP contribution in [0.5, 0.6) is 0 Å². The van der Waals surface area contributed by atoms with E-state index in [9.17, 15) is 4.79 Å². The quantitative estimate of drug-likeness (QED) is 0.612. The molecule has 1 rings (SSSR count). The fourth-order valence-corrected chi connectivity index (χ4v) is 1.20. The predicted octanol–water partition coefficient (Wildman–Crippen LogP) is 1.01. The lowest BCUT2D eigenvalue weighted by Crippen LogP contribution is -2.16. The van der Waals surface area contributed by atoms with Crippen molar-refractivity contribution in [1.82, 2.24) is 0 Å². The topological polar surface area (TPSA) is 104 Å². The van der Waals surface area contributed by atoms with E-state index < -0.39 is 12.2 Å². The van der Waals surface area contributed by atoms with Crippen LogP contribution in [-0.4, -0.2) is 6.09 Å². The Morgan fingerprint density at radius 1 is 1.43 bits per heavy atom. The maximum atomic E-state index is 10.5. The second-order valence-corrected chi connectivity index (χ2v) is 2.97. The molecule has 0 aliphatic carbocycles. The van der Waals surface area contributed by atoms with Crippen LogP contribution in [0.25, 0.3) is 0 Å². The Bertz CT molecular complexity index is 352. The van der Waals surface area contributed by atoms with Gasteiger partial charge in [-0.25, -0.2) is 4.79 Å². The summed E-state index contributed by atoms with van der Waals surface area (Å²) >= 11 is 0. The Morgan fingerprint density at radius 3 is 2.57 bits per heavy atom. The third-order valence-corrected chi connectivity index (χ3v) is 1.84. The molecule has 0 saturated heterocycles. The zero-order chi connectivity index (χ0) is 10.7. The SMILES string of the molecule is CC(OC(N)=O)c1ccc(N)cc1N. The maximum Gasteiger partial charge on any atom is 0.405 e. The second kappa shape index (κ2) is 3.87. The van der Waals surface area contributed by atoms with Crippen molar-refractivity contribution >= 4 is 17.5 Å². The molecule has 0 aliphatic heterocycles. The minimum absolute atomic E-state index is 0.465. The molecule has 0 aliphatic rings. The first-order valence-corrected chi connectivity index (χ1v) is 4.11. The van der Waals surface area contributed by atoms with Crippen LogP contribution in [0.15, 0.2) is 18.2 Å². The molecule has 14 heavy (non-hydrogen) atoms. The van der Waals surface area contributed by atoms with Crippen molar-refractivity contribution in [2.24, 2.45) is 5.73 Å². The molecule has 0 bridgehead atoms. The predicted molar refractivity (Wildman–Crippen MR) is 54.4 cm³/mol. The number of ether oxygens (including phenoxy) is 1. The van der Waals surface area contributed by atoms with E-state index >= 15 is 0 Å². The van der Waals surface area contributed by atoms with Crippen LogP contribution in [-0.2, 0) is 4.74 Å². The lowest BCUT2D eigenvalue weighted by Gasteiger charge is -2.14. The highest BCUT2D eigenvalue weighted by molar-refractivity contribution is 5.66. The number of anilines is 2. The molecule has 1 unspecified atom stereocenters. The number of benzene rings is 1. The fourth-order valence-electron chi connectivity index (χ4n) is 1.20. The highest BCUT2D eigenvalue weighted by Crippen LogP contribution is 2.24. The molecular formula is C9H13N3O2. The summed E-state index contributed by atoms with van der Waals surface area (Å²) in [5, 5.41) is 0. The minimum Gasteiger partial charge on any atom is -0.442 e. The summed E-state index contributed by atoms with van der Waals surface area (Å²) in [5.74, 6) is 0. The van der Waals surface area contributed by atoms with Crippen molar-refractivity contribution in [2.45, 2.75) is 13.0 Å². The first kappa shape index (κ1) is 10.2. The zero-order valence-electron chi connectivity index (χ0n) is 7.86. The van der Waals surface area contributed by atoms with Crippen molar-refractivity contribution in [1.29, 1.82) is 0 Å². The van der Waals surface area contributed by atoms with E-state index in [0.717, 1.165) is 0 Å². The van der Waals surface area contributed by atoms with Gasteiger partial charge < -0.3 is 21.9 Å². The molecule has 0 saturated carbocycles. The van der Waals surface area contributed by atoms with E-state index in [1.165, 1.54) is 0 Å². The third kappa shape index (κ3) is 2.29. The van der Waals surface area contributed by atoms with Gasteiger partial charge in [-0.2, -0.15) is 0 Å².